The van der Waals surface area contributed by atoms with E-state index in [-0.39, 0.29) is 42.3 Å². The van der Waals surface area contributed by atoms with Crippen LogP contribution >= 0.6 is 0 Å². The molecule has 122 valence electrons. The Morgan fingerprint density at radius 3 is 2.68 bits per heavy atom. The minimum Gasteiger partial charge on any atom is -0.496 e. The van der Waals surface area contributed by atoms with E-state index in [2.05, 4.69) is 0 Å². The number of methoxy groups -OCH3 is 1. The van der Waals surface area contributed by atoms with E-state index in [1.165, 1.54) is 19.2 Å². The number of benzene rings is 1. The van der Waals surface area contributed by atoms with E-state index in [1.54, 1.807) is 0 Å². The van der Waals surface area contributed by atoms with E-state index in [0.29, 0.717) is 0 Å². The second-order valence-electron chi connectivity index (χ2n) is 4.96. The largest absolute Gasteiger partial charge is 0.496 e. The number of halogens is 3. The highest BCUT2D eigenvalue weighted by Gasteiger charge is 2.41. The highest BCUT2D eigenvalue weighted by atomic mass is 19.3. The summed E-state index contributed by atoms with van der Waals surface area (Å²) in [5, 5.41) is 0. The molecule has 8 heteroatoms. The van der Waals surface area contributed by atoms with Crippen molar-refractivity contribution in [1.29, 1.82) is 0 Å². The first-order valence-electron chi connectivity index (χ1n) is 6.71. The van der Waals surface area contributed by atoms with Crippen LogP contribution < -0.4 is 15.2 Å². The van der Waals surface area contributed by atoms with Gasteiger partial charge in [-0.1, -0.05) is 0 Å². The zero-order valence-corrected chi connectivity index (χ0v) is 12.1. The second-order valence-corrected chi connectivity index (χ2v) is 4.96. The third kappa shape index (κ3) is 3.37. The summed E-state index contributed by atoms with van der Waals surface area (Å²) in [5.74, 6) is -3.21. The van der Waals surface area contributed by atoms with E-state index < -0.39 is 25.0 Å². The molecule has 1 heterocycles. The van der Waals surface area contributed by atoms with Crippen LogP contribution in [0.3, 0.4) is 0 Å². The summed E-state index contributed by atoms with van der Waals surface area (Å²) in [6.45, 7) is -1.61. The highest BCUT2D eigenvalue weighted by molar-refractivity contribution is 5.98. The molecule has 1 fully saturated rings. The Kier molecular flexibility index (Phi) is 4.68. The number of likely N-dealkylation sites (tertiary alicyclic amines) is 1. The van der Waals surface area contributed by atoms with Crippen LogP contribution in [0.15, 0.2) is 12.1 Å². The molecule has 5 nitrogen and oxygen atoms in total. The Labute approximate surface area is 125 Å². The average Bonchev–Trinajstić information content (AvgIpc) is 2.85. The number of alkyl halides is 3. The van der Waals surface area contributed by atoms with Gasteiger partial charge < -0.3 is 20.1 Å². The molecular formula is C14H17F3N2O3. The van der Waals surface area contributed by atoms with Gasteiger partial charge in [0, 0.05) is 19.0 Å². The van der Waals surface area contributed by atoms with Crippen LogP contribution in [0.1, 0.15) is 16.8 Å². The molecular weight excluding hydrogens is 301 g/mol. The van der Waals surface area contributed by atoms with Crippen LogP contribution in [0, 0.1) is 0 Å². The van der Waals surface area contributed by atoms with Crippen molar-refractivity contribution in [3.05, 3.63) is 17.7 Å². The summed E-state index contributed by atoms with van der Waals surface area (Å²) >= 11 is 0. The normalized spacial score (nSPS) is 16.6. The van der Waals surface area contributed by atoms with E-state index in [1.807, 2.05) is 0 Å². The monoisotopic (exact) mass is 318 g/mol. The summed E-state index contributed by atoms with van der Waals surface area (Å²) in [6.07, 6.45) is -0.374. The van der Waals surface area contributed by atoms with Crippen LogP contribution in [-0.2, 0) is 0 Å². The Balaban J connectivity index is 2.30. The van der Waals surface area contributed by atoms with Crippen LogP contribution in [0.5, 0.6) is 11.5 Å². The molecule has 0 saturated carbocycles. The lowest BCUT2D eigenvalue weighted by Crippen LogP contribution is -2.31. The lowest BCUT2D eigenvalue weighted by atomic mass is 10.1. The van der Waals surface area contributed by atoms with E-state index in [0.717, 1.165) is 4.90 Å². The Bertz CT molecular complexity index is 567. The van der Waals surface area contributed by atoms with Gasteiger partial charge in [0.25, 0.3) is 11.8 Å². The Morgan fingerprint density at radius 1 is 1.41 bits per heavy atom. The van der Waals surface area contributed by atoms with Gasteiger partial charge in [0.2, 0.25) is 0 Å². The smallest absolute Gasteiger partial charge is 0.267 e. The van der Waals surface area contributed by atoms with E-state index in [4.69, 9.17) is 15.2 Å². The fraction of sp³-hybridized carbons (Fsp3) is 0.500. The van der Waals surface area contributed by atoms with E-state index in [9.17, 15) is 18.0 Å². The van der Waals surface area contributed by atoms with Crippen LogP contribution in [-0.4, -0.2) is 50.2 Å². The van der Waals surface area contributed by atoms with Gasteiger partial charge in [-0.25, -0.2) is 13.2 Å². The van der Waals surface area contributed by atoms with Crippen molar-refractivity contribution in [1.82, 2.24) is 4.90 Å². The standard InChI is InChI=1S/C14H17F3N2O3/c1-21-11-7-10(18)12(22-5-3-15)6-9(11)13(20)19-4-2-14(16,17)8-19/h6-7H,2-5,8,18H2,1H3. The maximum atomic E-state index is 13.3. The molecule has 1 aromatic rings. The van der Waals surface area contributed by atoms with Crippen molar-refractivity contribution in [2.45, 2.75) is 12.3 Å². The molecule has 0 bridgehead atoms. The second kappa shape index (κ2) is 6.33. The lowest BCUT2D eigenvalue weighted by molar-refractivity contribution is 0.0119. The van der Waals surface area contributed by atoms with E-state index >= 15 is 0 Å². The molecule has 1 amide bonds. The first-order valence-corrected chi connectivity index (χ1v) is 6.71. The molecule has 2 rings (SSSR count). The molecule has 1 saturated heterocycles. The summed E-state index contributed by atoms with van der Waals surface area (Å²) in [5.41, 5.74) is 5.96. The summed E-state index contributed by atoms with van der Waals surface area (Å²) < 4.78 is 48.9. The van der Waals surface area contributed by atoms with Gasteiger partial charge >= 0.3 is 0 Å². The fourth-order valence-electron chi connectivity index (χ4n) is 2.26. The number of nitrogens with zero attached hydrogens (tertiary/aromatic N) is 1. The molecule has 1 aliphatic heterocycles. The van der Waals surface area contributed by atoms with Crippen molar-refractivity contribution in [2.24, 2.45) is 0 Å². The van der Waals surface area contributed by atoms with Gasteiger partial charge in [0.15, 0.2) is 0 Å². The van der Waals surface area contributed by atoms with Crippen molar-refractivity contribution in [3.8, 4) is 11.5 Å². The third-order valence-electron chi connectivity index (χ3n) is 3.35. The van der Waals surface area contributed by atoms with Gasteiger partial charge in [-0.3, -0.25) is 4.79 Å². The van der Waals surface area contributed by atoms with Gasteiger partial charge in [0.1, 0.15) is 24.8 Å². The number of hydrogen-bond donors (Lipinski definition) is 1. The summed E-state index contributed by atoms with van der Waals surface area (Å²) in [7, 11) is 1.34. The molecule has 0 atom stereocenters. The number of nitrogens with two attached hydrogens (primary N) is 1. The summed E-state index contributed by atoms with van der Waals surface area (Å²) in [4.78, 5) is 13.4. The van der Waals surface area contributed by atoms with Crippen LogP contribution in [0.2, 0.25) is 0 Å². The third-order valence-corrected chi connectivity index (χ3v) is 3.35. The minimum atomic E-state index is -2.88. The highest BCUT2D eigenvalue weighted by Crippen LogP contribution is 2.34. The van der Waals surface area contributed by atoms with Crippen molar-refractivity contribution < 1.29 is 27.4 Å². The molecule has 1 aromatic carbocycles. The SMILES string of the molecule is COc1cc(N)c(OCCF)cc1C(=O)N1CCC(F)(F)C1. The predicted molar refractivity (Wildman–Crippen MR) is 74.3 cm³/mol. The zero-order valence-electron chi connectivity index (χ0n) is 12.1. The van der Waals surface area contributed by atoms with Crippen molar-refractivity contribution in [2.75, 3.05) is 39.2 Å². The number of rotatable bonds is 5. The number of carbonyl (C=O) groups excluding carboxylic acids is 1. The van der Waals surface area contributed by atoms with Gasteiger partial charge in [-0.2, -0.15) is 0 Å². The number of carbonyl (C=O) groups is 1. The number of ether oxygens (including phenoxy) is 2. The van der Waals surface area contributed by atoms with Crippen LogP contribution in [0.25, 0.3) is 0 Å². The van der Waals surface area contributed by atoms with Gasteiger partial charge in [0.05, 0.1) is 24.9 Å². The van der Waals surface area contributed by atoms with Crippen molar-refractivity contribution in [3.63, 3.8) is 0 Å². The molecule has 0 unspecified atom stereocenters. The molecule has 0 radical (unpaired) electrons. The molecule has 1 aliphatic rings. The molecule has 0 aromatic heterocycles. The van der Waals surface area contributed by atoms with Gasteiger partial charge in [-0.15, -0.1) is 0 Å². The molecule has 0 spiro atoms. The quantitative estimate of drug-likeness (QED) is 0.845. The fourth-order valence-corrected chi connectivity index (χ4v) is 2.26. The molecule has 22 heavy (non-hydrogen) atoms. The molecule has 2 N–H and O–H groups in total. The van der Waals surface area contributed by atoms with Crippen molar-refractivity contribution >= 4 is 11.6 Å². The maximum absolute atomic E-state index is 13.3. The minimum absolute atomic E-state index is 0.0416. The number of nitrogen functional groups attached to an aromatic ring is 1. The number of hydrogen-bond acceptors (Lipinski definition) is 4. The average molecular weight is 318 g/mol. The lowest BCUT2D eigenvalue weighted by Gasteiger charge is -2.19. The Hall–Kier alpha value is -2.12. The number of amides is 1. The molecule has 0 aliphatic carbocycles. The zero-order chi connectivity index (χ0) is 16.3. The Morgan fingerprint density at radius 2 is 2.14 bits per heavy atom. The van der Waals surface area contributed by atoms with Crippen LogP contribution in [0.4, 0.5) is 18.9 Å². The first kappa shape index (κ1) is 16.3. The topological polar surface area (TPSA) is 64.8 Å². The maximum Gasteiger partial charge on any atom is 0.267 e. The summed E-state index contributed by atoms with van der Waals surface area (Å²) in [6, 6.07) is 2.65. The first-order chi connectivity index (χ1) is 10.4. The predicted octanol–water partition coefficient (Wildman–Crippen LogP) is 2.11. The number of anilines is 1. The van der Waals surface area contributed by atoms with Gasteiger partial charge in [-0.05, 0) is 6.07 Å².